The molecule has 0 bridgehead atoms. The molecule has 6 heteroatoms. The molecule has 0 radical (unpaired) electrons. The molecule has 0 fully saturated rings. The number of hydrogen-bond donors (Lipinski definition) is 2. The SMILES string of the molecule is Cc1ccc2[nH]c3c(c2c1)CC(NC(=O)c1ccccc1C(F)(F)F)C3. The van der Waals surface area contributed by atoms with Crippen molar-refractivity contribution in [3.05, 3.63) is 70.4 Å². The number of fused-ring (bicyclic) bond motifs is 3. The Balaban J connectivity index is 1.56. The third-order valence-electron chi connectivity index (χ3n) is 4.86. The van der Waals surface area contributed by atoms with Crippen molar-refractivity contribution in [1.82, 2.24) is 10.3 Å². The fourth-order valence-corrected chi connectivity index (χ4v) is 3.68. The predicted octanol–water partition coefficient (Wildman–Crippen LogP) is 4.39. The quantitative estimate of drug-likeness (QED) is 0.701. The number of aromatic nitrogens is 1. The molecule has 1 amide bonds. The molecule has 1 aliphatic carbocycles. The van der Waals surface area contributed by atoms with Crippen LogP contribution in [0.3, 0.4) is 0 Å². The highest BCUT2D eigenvalue weighted by Gasteiger charge is 2.35. The number of alkyl halides is 3. The minimum Gasteiger partial charge on any atom is -0.358 e. The van der Waals surface area contributed by atoms with E-state index in [4.69, 9.17) is 0 Å². The van der Waals surface area contributed by atoms with Crippen LogP contribution in [0.1, 0.15) is 32.7 Å². The number of rotatable bonds is 2. The van der Waals surface area contributed by atoms with Gasteiger partial charge in [0.25, 0.3) is 5.91 Å². The van der Waals surface area contributed by atoms with Gasteiger partial charge in [-0.1, -0.05) is 23.8 Å². The first kappa shape index (κ1) is 16.7. The molecule has 0 saturated carbocycles. The monoisotopic (exact) mass is 358 g/mol. The number of aryl methyl sites for hydroxylation is 1. The molecule has 1 aliphatic rings. The van der Waals surface area contributed by atoms with Crippen LogP contribution in [-0.2, 0) is 19.0 Å². The van der Waals surface area contributed by atoms with E-state index in [9.17, 15) is 18.0 Å². The first-order valence-electron chi connectivity index (χ1n) is 8.40. The standard InChI is InChI=1S/C20H17F3N2O/c1-11-6-7-17-14(8-11)15-9-12(10-18(15)25-17)24-19(26)13-4-2-3-5-16(13)20(21,22)23/h2-8,12,25H,9-10H2,1H3,(H,24,26). The smallest absolute Gasteiger partial charge is 0.358 e. The predicted molar refractivity (Wildman–Crippen MR) is 93.1 cm³/mol. The zero-order valence-corrected chi connectivity index (χ0v) is 14.1. The number of aromatic amines is 1. The second-order valence-corrected chi connectivity index (χ2v) is 6.75. The number of carbonyl (C=O) groups is 1. The van der Waals surface area contributed by atoms with Crippen LogP contribution in [0.15, 0.2) is 42.5 Å². The summed E-state index contributed by atoms with van der Waals surface area (Å²) in [6, 6.07) is 10.8. The summed E-state index contributed by atoms with van der Waals surface area (Å²) in [4.78, 5) is 15.8. The van der Waals surface area contributed by atoms with Crippen LogP contribution >= 0.6 is 0 Å². The van der Waals surface area contributed by atoms with Crippen molar-refractivity contribution in [2.24, 2.45) is 0 Å². The Morgan fingerprint density at radius 2 is 1.92 bits per heavy atom. The van der Waals surface area contributed by atoms with Crippen molar-refractivity contribution in [2.75, 3.05) is 0 Å². The summed E-state index contributed by atoms with van der Waals surface area (Å²) >= 11 is 0. The Bertz CT molecular complexity index is 1000. The van der Waals surface area contributed by atoms with E-state index < -0.39 is 17.6 Å². The van der Waals surface area contributed by atoms with Gasteiger partial charge in [-0.05, 0) is 43.2 Å². The molecule has 4 rings (SSSR count). The molecule has 1 aromatic heterocycles. The van der Waals surface area contributed by atoms with Gasteiger partial charge in [0.2, 0.25) is 0 Å². The van der Waals surface area contributed by atoms with E-state index in [-0.39, 0.29) is 11.6 Å². The zero-order chi connectivity index (χ0) is 18.5. The van der Waals surface area contributed by atoms with E-state index in [0.29, 0.717) is 12.8 Å². The first-order chi connectivity index (χ1) is 12.3. The van der Waals surface area contributed by atoms with Gasteiger partial charge >= 0.3 is 6.18 Å². The van der Waals surface area contributed by atoms with E-state index in [0.717, 1.165) is 33.8 Å². The lowest BCUT2D eigenvalue weighted by Crippen LogP contribution is -2.36. The molecular weight excluding hydrogens is 341 g/mol. The van der Waals surface area contributed by atoms with Crippen LogP contribution in [0.2, 0.25) is 0 Å². The Morgan fingerprint density at radius 1 is 1.15 bits per heavy atom. The Morgan fingerprint density at radius 3 is 2.69 bits per heavy atom. The highest BCUT2D eigenvalue weighted by atomic mass is 19.4. The molecule has 0 saturated heterocycles. The Hall–Kier alpha value is -2.76. The molecule has 1 unspecified atom stereocenters. The maximum absolute atomic E-state index is 13.1. The van der Waals surface area contributed by atoms with Crippen LogP contribution in [-0.4, -0.2) is 16.9 Å². The highest BCUT2D eigenvalue weighted by molar-refractivity contribution is 5.96. The summed E-state index contributed by atoms with van der Waals surface area (Å²) in [6.45, 7) is 2.01. The van der Waals surface area contributed by atoms with Crippen LogP contribution in [0.4, 0.5) is 13.2 Å². The number of halogens is 3. The third-order valence-corrected chi connectivity index (χ3v) is 4.86. The maximum Gasteiger partial charge on any atom is 0.417 e. The average molecular weight is 358 g/mol. The van der Waals surface area contributed by atoms with Crippen molar-refractivity contribution in [2.45, 2.75) is 32.0 Å². The van der Waals surface area contributed by atoms with Crippen molar-refractivity contribution in [3.63, 3.8) is 0 Å². The van der Waals surface area contributed by atoms with E-state index in [1.54, 1.807) is 0 Å². The van der Waals surface area contributed by atoms with Gasteiger partial charge in [0.05, 0.1) is 11.1 Å². The number of carbonyl (C=O) groups excluding carboxylic acids is 1. The molecule has 2 aromatic carbocycles. The lowest BCUT2D eigenvalue weighted by Gasteiger charge is -2.16. The topological polar surface area (TPSA) is 44.9 Å². The first-order valence-corrected chi connectivity index (χ1v) is 8.40. The second-order valence-electron chi connectivity index (χ2n) is 6.75. The largest absolute Gasteiger partial charge is 0.417 e. The zero-order valence-electron chi connectivity index (χ0n) is 14.1. The van der Waals surface area contributed by atoms with Gasteiger partial charge in [-0.3, -0.25) is 4.79 Å². The van der Waals surface area contributed by atoms with Crippen molar-refractivity contribution in [1.29, 1.82) is 0 Å². The van der Waals surface area contributed by atoms with Crippen LogP contribution in [0.5, 0.6) is 0 Å². The molecule has 1 heterocycles. The molecule has 1 atom stereocenters. The van der Waals surface area contributed by atoms with Gasteiger partial charge in [-0.15, -0.1) is 0 Å². The molecule has 0 aliphatic heterocycles. The van der Waals surface area contributed by atoms with Crippen molar-refractivity contribution in [3.8, 4) is 0 Å². The molecule has 26 heavy (non-hydrogen) atoms. The fraction of sp³-hybridized carbons (Fsp3) is 0.250. The lowest BCUT2D eigenvalue weighted by molar-refractivity contribution is -0.137. The lowest BCUT2D eigenvalue weighted by atomic mass is 10.1. The Kier molecular flexibility index (Phi) is 3.79. The molecule has 3 nitrogen and oxygen atoms in total. The maximum atomic E-state index is 13.1. The van der Waals surface area contributed by atoms with Gasteiger partial charge < -0.3 is 10.3 Å². The summed E-state index contributed by atoms with van der Waals surface area (Å²) in [7, 11) is 0. The molecule has 3 aromatic rings. The highest BCUT2D eigenvalue weighted by Crippen LogP contribution is 2.33. The van der Waals surface area contributed by atoms with Crippen LogP contribution in [0.25, 0.3) is 10.9 Å². The van der Waals surface area contributed by atoms with E-state index >= 15 is 0 Å². The molecule has 0 spiro atoms. The minimum absolute atomic E-state index is 0.213. The molecule has 2 N–H and O–H groups in total. The van der Waals surface area contributed by atoms with Gasteiger partial charge in [0.1, 0.15) is 0 Å². The number of H-pyrrole nitrogens is 1. The van der Waals surface area contributed by atoms with Crippen molar-refractivity contribution < 1.29 is 18.0 Å². The van der Waals surface area contributed by atoms with Crippen molar-refractivity contribution >= 4 is 16.8 Å². The number of hydrogen-bond acceptors (Lipinski definition) is 1. The second kappa shape index (κ2) is 5.90. The van der Waals surface area contributed by atoms with Crippen LogP contribution < -0.4 is 5.32 Å². The normalized spacial score (nSPS) is 16.7. The van der Waals surface area contributed by atoms with Gasteiger partial charge in [0.15, 0.2) is 0 Å². The van der Waals surface area contributed by atoms with Crippen LogP contribution in [0, 0.1) is 6.92 Å². The summed E-state index contributed by atoms with van der Waals surface area (Å²) in [5.41, 5.74) is 3.13. The van der Waals surface area contributed by atoms with Gasteiger partial charge in [-0.25, -0.2) is 0 Å². The summed E-state index contributed by atoms with van der Waals surface area (Å²) in [6.07, 6.45) is -3.36. The Labute approximate surface area is 148 Å². The summed E-state index contributed by atoms with van der Waals surface area (Å²) in [5.74, 6) is -0.687. The van der Waals surface area contributed by atoms with Gasteiger partial charge in [0, 0.05) is 29.1 Å². The van der Waals surface area contributed by atoms with E-state index in [1.807, 2.05) is 19.1 Å². The van der Waals surface area contributed by atoms with E-state index in [1.165, 1.54) is 18.2 Å². The molecular formula is C20H17F3N2O. The fourth-order valence-electron chi connectivity index (χ4n) is 3.68. The summed E-state index contributed by atoms with van der Waals surface area (Å²) in [5, 5.41) is 3.88. The van der Waals surface area contributed by atoms with E-state index in [2.05, 4.69) is 16.4 Å². The van der Waals surface area contributed by atoms with Gasteiger partial charge in [-0.2, -0.15) is 13.2 Å². The number of amides is 1. The minimum atomic E-state index is -4.55. The number of nitrogens with one attached hydrogen (secondary N) is 2. The average Bonchev–Trinajstić information content (AvgIpc) is 3.11. The number of benzene rings is 2. The summed E-state index contributed by atoms with van der Waals surface area (Å²) < 4.78 is 39.3. The third kappa shape index (κ3) is 2.85. The molecule has 134 valence electrons.